The summed E-state index contributed by atoms with van der Waals surface area (Å²) in [6.45, 7) is 8.54. The third-order valence-electron chi connectivity index (χ3n) is 1.77. The molecular formula is C13H16CuIN2O4Zn. The van der Waals surface area contributed by atoms with Gasteiger partial charge in [0.25, 0.3) is 0 Å². The molecule has 0 atom stereocenters. The monoisotopic (exact) mass is 518 g/mol. The Balaban J connectivity index is -0.000000297. The van der Waals surface area contributed by atoms with E-state index < -0.39 is 11.9 Å². The molecule has 0 N–H and O–H groups in total. The fourth-order valence-electron chi connectivity index (χ4n) is 1.07. The van der Waals surface area contributed by atoms with Crippen LogP contribution in [-0.4, -0.2) is 25.2 Å². The van der Waals surface area contributed by atoms with Gasteiger partial charge in [-0.3, -0.25) is 4.79 Å². The van der Waals surface area contributed by atoms with Gasteiger partial charge in [0.2, 0.25) is 5.97 Å². The van der Waals surface area contributed by atoms with E-state index in [1.165, 1.54) is 14.8 Å². The van der Waals surface area contributed by atoms with Gasteiger partial charge < -0.3 is 26.1 Å². The molecule has 0 saturated carbocycles. The first-order chi connectivity index (χ1) is 10.2. The zero-order valence-corrected chi connectivity index (χ0v) is 18.5. The summed E-state index contributed by atoms with van der Waals surface area (Å²) in [6.07, 6.45) is 3.41. The van der Waals surface area contributed by atoms with Crippen molar-refractivity contribution < 1.29 is 50.9 Å². The van der Waals surface area contributed by atoms with E-state index in [9.17, 15) is 9.59 Å². The Kier molecular flexibility index (Phi) is 34.2. The van der Waals surface area contributed by atoms with Crippen molar-refractivity contribution in [1.82, 2.24) is 0 Å². The van der Waals surface area contributed by atoms with Gasteiger partial charge in [-0.2, -0.15) is 5.26 Å². The topological polar surface area (TPSA) is 100 Å². The van der Waals surface area contributed by atoms with Crippen LogP contribution in [0.4, 0.5) is 0 Å². The van der Waals surface area contributed by atoms with Gasteiger partial charge in [0, 0.05) is 6.42 Å². The van der Waals surface area contributed by atoms with Crippen LogP contribution in [0, 0.1) is 29.2 Å². The predicted octanol–water partition coefficient (Wildman–Crippen LogP) is 2.51. The van der Waals surface area contributed by atoms with Crippen molar-refractivity contribution in [3.8, 4) is 6.07 Å². The molecule has 22 heavy (non-hydrogen) atoms. The molecule has 0 saturated heterocycles. The summed E-state index contributed by atoms with van der Waals surface area (Å²) >= 11 is 3.62. The molecule has 0 bridgehead atoms. The van der Waals surface area contributed by atoms with Crippen molar-refractivity contribution >= 4 is 31.7 Å². The number of unbranched alkanes of at least 4 members (excludes halogenated alkanes) is 1. The minimum atomic E-state index is -0.687. The van der Waals surface area contributed by atoms with Crippen molar-refractivity contribution in [2.45, 2.75) is 33.1 Å². The van der Waals surface area contributed by atoms with E-state index in [-0.39, 0.29) is 42.3 Å². The van der Waals surface area contributed by atoms with Crippen LogP contribution < -0.4 is 0 Å². The Bertz CT molecular complexity index is 384. The van der Waals surface area contributed by atoms with Crippen molar-refractivity contribution in [2.24, 2.45) is 0 Å². The fourth-order valence-corrected chi connectivity index (χ4v) is 1.07. The Morgan fingerprint density at radius 2 is 1.73 bits per heavy atom. The average molecular weight is 520 g/mol. The second-order valence-corrected chi connectivity index (χ2v) is 3.06. The number of carbonyl (C=O) groups is 2. The summed E-state index contributed by atoms with van der Waals surface area (Å²) < 4.78 is 9.45. The summed E-state index contributed by atoms with van der Waals surface area (Å²) in [5.74, 6) is -1.27. The Morgan fingerprint density at radius 3 is 2.14 bits per heavy atom. The summed E-state index contributed by atoms with van der Waals surface area (Å²) in [7, 11) is 0. The number of carbonyl (C=O) groups excluding carboxylic acids is 2. The minimum absolute atomic E-state index is 0. The summed E-state index contributed by atoms with van der Waals surface area (Å²) in [5.41, 5.74) is 0.126. The molecule has 0 fully saturated rings. The first kappa shape index (κ1) is 29.5. The molecule has 0 heterocycles. The van der Waals surface area contributed by atoms with Gasteiger partial charge in [0.05, 0.1) is 19.3 Å². The Labute approximate surface area is 162 Å². The molecule has 0 aromatic heterocycles. The van der Waals surface area contributed by atoms with E-state index in [2.05, 4.69) is 30.6 Å². The van der Waals surface area contributed by atoms with Gasteiger partial charge in [0.15, 0.2) is 5.97 Å². The van der Waals surface area contributed by atoms with Crippen LogP contribution in [0.15, 0.2) is 5.57 Å². The zero-order chi connectivity index (χ0) is 17.1. The molecule has 9 heteroatoms. The van der Waals surface area contributed by atoms with Crippen molar-refractivity contribution in [1.29, 1.82) is 10.5 Å². The zero-order valence-electron chi connectivity index (χ0n) is 12.4. The molecule has 122 valence electrons. The number of hydrogen-bond acceptors (Lipinski definition) is 6. The summed E-state index contributed by atoms with van der Waals surface area (Å²) in [5, 5.41) is 14.6. The van der Waals surface area contributed by atoms with Crippen LogP contribution in [0.5, 0.6) is 0 Å². The molecule has 0 spiro atoms. The molecule has 0 aliphatic carbocycles. The number of esters is 2. The van der Waals surface area contributed by atoms with E-state index in [1.807, 2.05) is 6.07 Å². The van der Waals surface area contributed by atoms with Crippen LogP contribution in [0.1, 0.15) is 33.1 Å². The Hall–Kier alpha value is -0.467. The van der Waals surface area contributed by atoms with Crippen LogP contribution >= 0.6 is 19.8 Å². The van der Waals surface area contributed by atoms with E-state index in [0.29, 0.717) is 12.8 Å². The van der Waals surface area contributed by atoms with Gasteiger partial charge in [-0.05, 0) is 20.3 Å². The second-order valence-electron chi connectivity index (χ2n) is 3.06. The van der Waals surface area contributed by atoms with Gasteiger partial charge in [0.1, 0.15) is 0 Å². The SMILES string of the molecule is CCOC(=O)[C-]=C(CCCC#N)C(=O)OCC.[C-]#N.[Cu+].[Zn+][I]. The van der Waals surface area contributed by atoms with Crippen molar-refractivity contribution in [2.75, 3.05) is 13.2 Å². The second kappa shape index (κ2) is 25.5. The maximum absolute atomic E-state index is 11.5. The van der Waals surface area contributed by atoms with Crippen LogP contribution in [-0.2, 0) is 50.9 Å². The first-order valence-corrected chi connectivity index (χ1v) is 15.0. The van der Waals surface area contributed by atoms with Crippen LogP contribution in [0.3, 0.4) is 0 Å². The van der Waals surface area contributed by atoms with Crippen molar-refractivity contribution in [3.05, 3.63) is 18.2 Å². The normalized spacial score (nSPS) is 8.55. The third-order valence-corrected chi connectivity index (χ3v) is 1.77. The first-order valence-electron chi connectivity index (χ1n) is 5.98. The van der Waals surface area contributed by atoms with Gasteiger partial charge >= 0.3 is 51.6 Å². The molecule has 0 radical (unpaired) electrons. The number of nitriles is 1. The predicted molar refractivity (Wildman–Crippen MR) is 78.5 cm³/mol. The van der Waals surface area contributed by atoms with Gasteiger partial charge in [-0.1, -0.05) is 6.42 Å². The van der Waals surface area contributed by atoms with Gasteiger partial charge in [-0.25, -0.2) is 0 Å². The number of hydrogen-bond donors (Lipinski definition) is 0. The molecule has 0 unspecified atom stereocenters. The maximum atomic E-state index is 11.5. The number of halogens is 1. The van der Waals surface area contributed by atoms with E-state index in [4.69, 9.17) is 21.8 Å². The standard InChI is InChI=1S/C12H16NO4.CN.Cu.HI.Zn/c1-3-16-11(14)9-10(7-5-6-8-13)12(15)17-4-2;1-2;;;/h3-7H2,1-2H3;;;1H;/q2*-1;+1;;+2/p-1. The summed E-state index contributed by atoms with van der Waals surface area (Å²) in [4.78, 5) is 22.6. The molecule has 6 nitrogen and oxygen atoms in total. The number of rotatable bonds is 7. The van der Waals surface area contributed by atoms with Crippen LogP contribution in [0.25, 0.3) is 0 Å². The molecular weight excluding hydrogens is 504 g/mol. The molecule has 0 aromatic rings. The average Bonchev–Trinajstić information content (AvgIpc) is 2.51. The van der Waals surface area contributed by atoms with E-state index >= 15 is 0 Å². The molecule has 0 aliphatic heterocycles. The molecule has 0 aromatic carbocycles. The Morgan fingerprint density at radius 1 is 1.23 bits per heavy atom. The van der Waals surface area contributed by atoms with E-state index in [1.54, 1.807) is 13.8 Å². The molecule has 0 rings (SSSR count). The number of ether oxygens (including phenoxy) is 2. The van der Waals surface area contributed by atoms with Crippen molar-refractivity contribution in [3.63, 3.8) is 0 Å². The van der Waals surface area contributed by atoms with Crippen LogP contribution in [0.2, 0.25) is 0 Å². The summed E-state index contributed by atoms with van der Waals surface area (Å²) in [6, 6.07) is 1.96. The number of nitrogens with zero attached hydrogens (tertiary/aromatic N) is 2. The fraction of sp³-hybridized carbons (Fsp3) is 0.538. The molecule has 0 amide bonds. The quantitative estimate of drug-likeness (QED) is 0.128. The third kappa shape index (κ3) is 19.5. The molecule has 0 aliphatic rings. The van der Waals surface area contributed by atoms with Gasteiger partial charge in [-0.15, -0.1) is 11.6 Å². The van der Waals surface area contributed by atoms with E-state index in [0.717, 1.165) is 0 Å².